The van der Waals surface area contributed by atoms with Crippen LogP contribution in [0, 0.1) is 0 Å². The van der Waals surface area contributed by atoms with Crippen LogP contribution < -0.4 is 10.1 Å². The molecule has 1 atom stereocenters. The predicted octanol–water partition coefficient (Wildman–Crippen LogP) is 2.73. The number of amides is 1. The first-order valence-corrected chi connectivity index (χ1v) is 7.69. The number of hydrogen-bond donors (Lipinski definition) is 1. The maximum atomic E-state index is 12.0. The average Bonchev–Trinajstić information content (AvgIpc) is 3.06. The lowest BCUT2D eigenvalue weighted by molar-refractivity contribution is -0.154. The molecule has 1 amide bonds. The van der Waals surface area contributed by atoms with Gasteiger partial charge < -0.3 is 19.2 Å². The third-order valence-corrected chi connectivity index (χ3v) is 3.51. The van der Waals surface area contributed by atoms with Crippen LogP contribution in [0.3, 0.4) is 0 Å². The van der Waals surface area contributed by atoms with E-state index in [1.807, 2.05) is 0 Å². The number of hydrogen-bond acceptors (Lipinski definition) is 5. The average molecular weight is 352 g/mol. The minimum absolute atomic E-state index is 0.0421. The van der Waals surface area contributed by atoms with Gasteiger partial charge in [0.2, 0.25) is 0 Å². The van der Waals surface area contributed by atoms with Crippen LogP contribution >= 0.6 is 11.6 Å². The largest absolute Gasteiger partial charge is 0.496 e. The number of halogens is 1. The molecule has 0 bridgehead atoms. The SMILES string of the molecule is COc1ccc(Cl)cc1CC(=O)O[C@H](C)C(=O)NCc1ccco1. The zero-order chi connectivity index (χ0) is 17.5. The summed E-state index contributed by atoms with van der Waals surface area (Å²) in [5.74, 6) is 0.200. The van der Waals surface area contributed by atoms with Crippen LogP contribution in [0.4, 0.5) is 0 Å². The molecule has 1 heterocycles. The van der Waals surface area contributed by atoms with Gasteiger partial charge >= 0.3 is 5.97 Å². The van der Waals surface area contributed by atoms with E-state index in [1.54, 1.807) is 30.3 Å². The van der Waals surface area contributed by atoms with Gasteiger partial charge in [0.15, 0.2) is 6.10 Å². The van der Waals surface area contributed by atoms with Crippen molar-refractivity contribution >= 4 is 23.5 Å². The summed E-state index contributed by atoms with van der Waals surface area (Å²) < 4.78 is 15.4. The lowest BCUT2D eigenvalue weighted by Gasteiger charge is -2.14. The zero-order valence-electron chi connectivity index (χ0n) is 13.4. The number of esters is 1. The highest BCUT2D eigenvalue weighted by molar-refractivity contribution is 6.30. The Morgan fingerprint density at radius 1 is 1.33 bits per heavy atom. The second kappa shape index (κ2) is 8.40. The molecule has 24 heavy (non-hydrogen) atoms. The summed E-state index contributed by atoms with van der Waals surface area (Å²) in [4.78, 5) is 23.9. The standard InChI is InChI=1S/C17H18ClNO5/c1-11(17(21)19-10-14-4-3-7-23-14)24-16(20)9-12-8-13(18)5-6-15(12)22-2/h3-8,11H,9-10H2,1-2H3,(H,19,21)/t11-/m1/s1. The van der Waals surface area contributed by atoms with E-state index < -0.39 is 18.0 Å². The molecule has 0 aliphatic rings. The van der Waals surface area contributed by atoms with E-state index in [0.29, 0.717) is 22.1 Å². The Morgan fingerprint density at radius 2 is 2.12 bits per heavy atom. The fourth-order valence-electron chi connectivity index (χ4n) is 2.06. The predicted molar refractivity (Wildman–Crippen MR) is 87.8 cm³/mol. The molecule has 0 saturated carbocycles. The first-order chi connectivity index (χ1) is 11.5. The lowest BCUT2D eigenvalue weighted by Crippen LogP contribution is -2.35. The number of carbonyl (C=O) groups excluding carboxylic acids is 2. The van der Waals surface area contributed by atoms with Crippen LogP contribution in [0.5, 0.6) is 5.75 Å². The maximum absolute atomic E-state index is 12.0. The summed E-state index contributed by atoms with van der Waals surface area (Å²) in [5.41, 5.74) is 0.596. The molecule has 7 heteroatoms. The summed E-state index contributed by atoms with van der Waals surface area (Å²) in [6.45, 7) is 1.74. The van der Waals surface area contributed by atoms with Crippen LogP contribution in [-0.4, -0.2) is 25.1 Å². The molecule has 0 saturated heterocycles. The summed E-state index contributed by atoms with van der Waals surface area (Å²) in [5, 5.41) is 3.12. The Morgan fingerprint density at radius 3 is 2.79 bits per heavy atom. The van der Waals surface area contributed by atoms with Crippen molar-refractivity contribution in [3.05, 3.63) is 52.9 Å². The van der Waals surface area contributed by atoms with Gasteiger partial charge in [-0.3, -0.25) is 9.59 Å². The maximum Gasteiger partial charge on any atom is 0.311 e. The fraction of sp³-hybridized carbons (Fsp3) is 0.294. The third-order valence-electron chi connectivity index (χ3n) is 3.27. The van der Waals surface area contributed by atoms with Crippen molar-refractivity contribution in [1.29, 1.82) is 0 Å². The fourth-order valence-corrected chi connectivity index (χ4v) is 2.26. The zero-order valence-corrected chi connectivity index (χ0v) is 14.1. The van der Waals surface area contributed by atoms with Crippen LogP contribution in [0.1, 0.15) is 18.2 Å². The second-order valence-corrected chi connectivity index (χ2v) is 5.50. The van der Waals surface area contributed by atoms with E-state index in [9.17, 15) is 9.59 Å². The molecule has 2 aromatic rings. The molecule has 6 nitrogen and oxygen atoms in total. The van der Waals surface area contributed by atoms with E-state index >= 15 is 0 Å². The van der Waals surface area contributed by atoms with Crippen molar-refractivity contribution in [2.45, 2.75) is 26.0 Å². The Bertz CT molecular complexity index is 699. The highest BCUT2D eigenvalue weighted by atomic mass is 35.5. The number of benzene rings is 1. The Hall–Kier alpha value is -2.47. The van der Waals surface area contributed by atoms with Crippen molar-refractivity contribution in [3.8, 4) is 5.75 Å². The van der Waals surface area contributed by atoms with Gasteiger partial charge in [0.1, 0.15) is 11.5 Å². The van der Waals surface area contributed by atoms with Crippen LogP contribution in [0.15, 0.2) is 41.0 Å². The normalized spacial score (nSPS) is 11.6. The number of rotatable bonds is 7. The number of nitrogens with one attached hydrogen (secondary N) is 1. The lowest BCUT2D eigenvalue weighted by atomic mass is 10.1. The Balaban J connectivity index is 1.87. The molecular weight excluding hydrogens is 334 g/mol. The minimum atomic E-state index is -0.919. The van der Waals surface area contributed by atoms with E-state index in [4.69, 9.17) is 25.5 Å². The van der Waals surface area contributed by atoms with Gasteiger partial charge in [-0.05, 0) is 37.3 Å². The number of methoxy groups -OCH3 is 1. The van der Waals surface area contributed by atoms with Crippen molar-refractivity contribution in [2.75, 3.05) is 7.11 Å². The van der Waals surface area contributed by atoms with Crippen LogP contribution in [0.2, 0.25) is 5.02 Å². The van der Waals surface area contributed by atoms with Gasteiger partial charge in [0.05, 0.1) is 26.3 Å². The molecule has 128 valence electrons. The Labute approximate surface area is 144 Å². The molecule has 0 unspecified atom stereocenters. The first kappa shape index (κ1) is 17.9. The van der Waals surface area contributed by atoms with Crippen LogP contribution in [0.25, 0.3) is 0 Å². The monoisotopic (exact) mass is 351 g/mol. The van der Waals surface area contributed by atoms with Crippen molar-refractivity contribution in [2.24, 2.45) is 0 Å². The van der Waals surface area contributed by atoms with Gasteiger partial charge in [-0.25, -0.2) is 0 Å². The summed E-state index contributed by atoms with van der Waals surface area (Å²) in [6, 6.07) is 8.43. The quantitative estimate of drug-likeness (QED) is 0.776. The number of carbonyl (C=O) groups is 2. The van der Waals surface area contributed by atoms with Crippen LogP contribution in [-0.2, 0) is 27.3 Å². The molecular formula is C17H18ClNO5. The van der Waals surface area contributed by atoms with Gasteiger partial charge in [0, 0.05) is 10.6 Å². The molecule has 1 aromatic carbocycles. The highest BCUT2D eigenvalue weighted by Gasteiger charge is 2.19. The molecule has 2 rings (SSSR count). The van der Waals surface area contributed by atoms with E-state index in [0.717, 1.165) is 0 Å². The Kier molecular flexibility index (Phi) is 6.26. The van der Waals surface area contributed by atoms with Crippen molar-refractivity contribution in [3.63, 3.8) is 0 Å². The molecule has 0 aliphatic heterocycles. The van der Waals surface area contributed by atoms with Gasteiger partial charge in [0.25, 0.3) is 5.91 Å². The van der Waals surface area contributed by atoms with Crippen molar-refractivity contribution < 1.29 is 23.5 Å². The molecule has 0 radical (unpaired) electrons. The van der Waals surface area contributed by atoms with E-state index in [1.165, 1.54) is 20.3 Å². The van der Waals surface area contributed by atoms with Gasteiger partial charge in [-0.1, -0.05) is 11.6 Å². The molecule has 0 aliphatic carbocycles. The van der Waals surface area contributed by atoms with Gasteiger partial charge in [-0.15, -0.1) is 0 Å². The van der Waals surface area contributed by atoms with Crippen molar-refractivity contribution in [1.82, 2.24) is 5.32 Å². The smallest absolute Gasteiger partial charge is 0.311 e. The molecule has 1 N–H and O–H groups in total. The highest BCUT2D eigenvalue weighted by Crippen LogP contribution is 2.23. The third kappa shape index (κ3) is 5.03. The summed E-state index contributed by atoms with van der Waals surface area (Å²) >= 11 is 5.92. The van der Waals surface area contributed by atoms with E-state index in [-0.39, 0.29) is 13.0 Å². The number of ether oxygens (including phenoxy) is 2. The topological polar surface area (TPSA) is 77.8 Å². The van der Waals surface area contributed by atoms with E-state index in [2.05, 4.69) is 5.32 Å². The molecule has 0 fully saturated rings. The minimum Gasteiger partial charge on any atom is -0.496 e. The first-order valence-electron chi connectivity index (χ1n) is 7.31. The number of furan rings is 1. The molecule has 0 spiro atoms. The summed E-state index contributed by atoms with van der Waals surface area (Å²) in [6.07, 6.45) is 0.556. The molecule has 1 aromatic heterocycles. The van der Waals surface area contributed by atoms with Gasteiger partial charge in [-0.2, -0.15) is 0 Å². The second-order valence-electron chi connectivity index (χ2n) is 5.06. The summed E-state index contributed by atoms with van der Waals surface area (Å²) in [7, 11) is 1.50.